The maximum atomic E-state index is 12.9. The zero-order valence-corrected chi connectivity index (χ0v) is 19.3. The molecule has 0 saturated carbocycles. The van der Waals surface area contributed by atoms with Gasteiger partial charge in [0.1, 0.15) is 5.01 Å². The molecule has 7 nitrogen and oxygen atoms in total. The Morgan fingerprint density at radius 3 is 2.74 bits per heavy atom. The second kappa shape index (κ2) is 8.98. The first-order valence-electron chi connectivity index (χ1n) is 9.34. The van der Waals surface area contributed by atoms with Gasteiger partial charge in [-0.1, -0.05) is 12.1 Å². The number of hydrogen-bond acceptors (Lipinski definition) is 6. The van der Waals surface area contributed by atoms with Crippen molar-refractivity contribution in [3.05, 3.63) is 79.9 Å². The van der Waals surface area contributed by atoms with Crippen LogP contribution in [0, 0.1) is 13.7 Å². The number of fused-ring (bicyclic) bond motifs is 1. The van der Waals surface area contributed by atoms with E-state index >= 15 is 0 Å². The second-order valence-electron chi connectivity index (χ2n) is 6.50. The molecule has 0 fully saturated rings. The lowest BCUT2D eigenvalue weighted by molar-refractivity contribution is -0.385. The summed E-state index contributed by atoms with van der Waals surface area (Å²) in [5.74, 6) is -0.316. The maximum absolute atomic E-state index is 12.9. The number of nitrogens with one attached hydrogen (secondary N) is 1. The Kier molecular flexibility index (Phi) is 6.14. The van der Waals surface area contributed by atoms with Crippen molar-refractivity contribution >= 4 is 61.4 Å². The molecule has 0 aliphatic carbocycles. The van der Waals surface area contributed by atoms with E-state index in [9.17, 15) is 14.9 Å². The van der Waals surface area contributed by atoms with Gasteiger partial charge in [0, 0.05) is 20.8 Å². The van der Waals surface area contributed by atoms with Crippen LogP contribution in [0.15, 0.2) is 60.7 Å². The summed E-state index contributed by atoms with van der Waals surface area (Å²) in [6, 6.07) is 17.7. The van der Waals surface area contributed by atoms with Crippen molar-refractivity contribution in [1.29, 1.82) is 0 Å². The molecule has 0 saturated heterocycles. The van der Waals surface area contributed by atoms with Gasteiger partial charge in [-0.15, -0.1) is 11.3 Å². The predicted octanol–water partition coefficient (Wildman–Crippen LogP) is 6.13. The Morgan fingerprint density at radius 1 is 1.19 bits per heavy atom. The number of ether oxygens (including phenoxy) is 1. The van der Waals surface area contributed by atoms with E-state index in [1.165, 1.54) is 29.5 Å². The van der Waals surface area contributed by atoms with E-state index < -0.39 is 10.8 Å². The van der Waals surface area contributed by atoms with Crippen LogP contribution in [0.2, 0.25) is 0 Å². The smallest absolute Gasteiger partial charge is 0.311 e. The molecule has 4 aromatic rings. The topological polar surface area (TPSA) is 94.4 Å². The highest BCUT2D eigenvalue weighted by molar-refractivity contribution is 14.1. The van der Waals surface area contributed by atoms with E-state index in [0.717, 1.165) is 24.4 Å². The summed E-state index contributed by atoms with van der Waals surface area (Å²) in [4.78, 5) is 28.4. The Bertz CT molecular complexity index is 1270. The third-order valence-electron chi connectivity index (χ3n) is 4.47. The fourth-order valence-electron chi connectivity index (χ4n) is 3.06. The molecule has 1 amide bonds. The summed E-state index contributed by atoms with van der Waals surface area (Å²) in [6.45, 7) is 2.03. The van der Waals surface area contributed by atoms with Crippen molar-refractivity contribution in [2.45, 2.75) is 6.92 Å². The van der Waals surface area contributed by atoms with E-state index in [1.807, 2.05) is 42.5 Å². The van der Waals surface area contributed by atoms with E-state index in [-0.39, 0.29) is 17.0 Å². The quantitative estimate of drug-likeness (QED) is 0.179. The number of benzene rings is 3. The van der Waals surface area contributed by atoms with Gasteiger partial charge in [-0.25, -0.2) is 4.98 Å². The van der Waals surface area contributed by atoms with Crippen molar-refractivity contribution in [2.75, 3.05) is 11.9 Å². The normalized spacial score (nSPS) is 10.8. The number of nitro benzene ring substituents is 1. The maximum Gasteiger partial charge on any atom is 0.311 e. The fourth-order valence-corrected chi connectivity index (χ4v) is 4.55. The zero-order chi connectivity index (χ0) is 22.0. The number of rotatable bonds is 6. The van der Waals surface area contributed by atoms with Crippen LogP contribution in [0.1, 0.15) is 17.3 Å². The Hall–Kier alpha value is -3.05. The first-order chi connectivity index (χ1) is 15.0. The summed E-state index contributed by atoms with van der Waals surface area (Å²) in [5, 5.41) is 15.0. The standard InChI is InChI=1S/C22H16IN3O4S/c1-2-30-19-10-7-13(11-18(19)26(28)29)21(27)24-16-9-8-14(23)12-15(16)22-25-17-5-3-4-6-20(17)31-22/h3-12H,2H2,1H3,(H,24,27). The molecular formula is C22H16IN3O4S. The van der Waals surface area contributed by atoms with Crippen LogP contribution in [0.25, 0.3) is 20.8 Å². The lowest BCUT2D eigenvalue weighted by Crippen LogP contribution is -2.13. The average Bonchev–Trinajstić information content (AvgIpc) is 3.19. The fraction of sp³-hybridized carbons (Fsp3) is 0.0909. The lowest BCUT2D eigenvalue weighted by atomic mass is 10.1. The molecule has 3 aromatic carbocycles. The molecule has 9 heteroatoms. The first-order valence-corrected chi connectivity index (χ1v) is 11.2. The molecular weight excluding hydrogens is 529 g/mol. The molecule has 4 rings (SSSR count). The highest BCUT2D eigenvalue weighted by Crippen LogP contribution is 2.36. The van der Waals surface area contributed by atoms with Crippen molar-refractivity contribution in [3.8, 4) is 16.3 Å². The van der Waals surface area contributed by atoms with E-state index in [4.69, 9.17) is 9.72 Å². The first kappa shape index (κ1) is 21.2. The van der Waals surface area contributed by atoms with Gasteiger partial charge < -0.3 is 10.1 Å². The third-order valence-corrected chi connectivity index (χ3v) is 6.21. The van der Waals surface area contributed by atoms with Gasteiger partial charge in [0.15, 0.2) is 5.75 Å². The molecule has 0 unspecified atom stereocenters. The number of amides is 1. The molecule has 1 N–H and O–H groups in total. The summed E-state index contributed by atoms with van der Waals surface area (Å²) in [6.07, 6.45) is 0. The monoisotopic (exact) mass is 545 g/mol. The average molecular weight is 545 g/mol. The molecule has 156 valence electrons. The minimum Gasteiger partial charge on any atom is -0.487 e. The van der Waals surface area contributed by atoms with Gasteiger partial charge in [0.05, 0.1) is 27.4 Å². The van der Waals surface area contributed by atoms with Crippen molar-refractivity contribution in [1.82, 2.24) is 4.98 Å². The number of para-hydroxylation sites is 1. The summed E-state index contributed by atoms with van der Waals surface area (Å²) in [5.41, 5.74) is 2.19. The number of halogens is 1. The van der Waals surface area contributed by atoms with Crippen LogP contribution in [-0.4, -0.2) is 22.4 Å². The molecule has 0 bridgehead atoms. The minimum atomic E-state index is -0.556. The lowest BCUT2D eigenvalue weighted by Gasteiger charge is -2.11. The van der Waals surface area contributed by atoms with Gasteiger partial charge >= 0.3 is 5.69 Å². The molecule has 0 aliphatic heterocycles. The van der Waals surface area contributed by atoms with Crippen molar-refractivity contribution in [2.24, 2.45) is 0 Å². The highest BCUT2D eigenvalue weighted by atomic mass is 127. The van der Waals surface area contributed by atoms with Gasteiger partial charge in [-0.2, -0.15) is 0 Å². The van der Waals surface area contributed by atoms with Gasteiger partial charge in [-0.05, 0) is 72.0 Å². The van der Waals surface area contributed by atoms with Crippen LogP contribution in [0.5, 0.6) is 5.75 Å². The largest absolute Gasteiger partial charge is 0.487 e. The molecule has 1 heterocycles. The van der Waals surface area contributed by atoms with E-state index in [0.29, 0.717) is 12.3 Å². The van der Waals surface area contributed by atoms with Crippen LogP contribution in [0.3, 0.4) is 0 Å². The second-order valence-corrected chi connectivity index (χ2v) is 8.78. The molecule has 0 aliphatic rings. The van der Waals surface area contributed by atoms with Crippen LogP contribution >= 0.6 is 33.9 Å². The van der Waals surface area contributed by atoms with Crippen molar-refractivity contribution < 1.29 is 14.5 Å². The number of nitro groups is 1. The highest BCUT2D eigenvalue weighted by Gasteiger charge is 2.20. The van der Waals surface area contributed by atoms with E-state index in [1.54, 1.807) is 6.92 Å². The van der Waals surface area contributed by atoms with Gasteiger partial charge in [-0.3, -0.25) is 14.9 Å². The summed E-state index contributed by atoms with van der Waals surface area (Å²) < 4.78 is 7.34. The van der Waals surface area contributed by atoms with Gasteiger partial charge in [0.25, 0.3) is 5.91 Å². The number of carbonyl (C=O) groups excluding carboxylic acids is 1. The summed E-state index contributed by atoms with van der Waals surface area (Å²) in [7, 11) is 0. The third kappa shape index (κ3) is 4.52. The Labute approximate surface area is 195 Å². The molecule has 0 radical (unpaired) electrons. The van der Waals surface area contributed by atoms with Crippen LogP contribution in [-0.2, 0) is 0 Å². The molecule has 0 spiro atoms. The molecule has 1 aromatic heterocycles. The minimum absolute atomic E-state index is 0.133. The van der Waals surface area contributed by atoms with Crippen LogP contribution in [0.4, 0.5) is 11.4 Å². The summed E-state index contributed by atoms with van der Waals surface area (Å²) >= 11 is 3.75. The zero-order valence-electron chi connectivity index (χ0n) is 16.3. The van der Waals surface area contributed by atoms with Crippen LogP contribution < -0.4 is 10.1 Å². The van der Waals surface area contributed by atoms with Crippen molar-refractivity contribution in [3.63, 3.8) is 0 Å². The molecule has 31 heavy (non-hydrogen) atoms. The van der Waals surface area contributed by atoms with Gasteiger partial charge in [0.2, 0.25) is 0 Å². The Morgan fingerprint density at radius 2 is 2.00 bits per heavy atom. The molecule has 0 atom stereocenters. The SMILES string of the molecule is CCOc1ccc(C(=O)Nc2ccc(I)cc2-c2nc3ccccc3s2)cc1[N+](=O)[O-]. The number of nitrogens with zero attached hydrogens (tertiary/aromatic N) is 2. The Balaban J connectivity index is 1.69. The number of carbonyl (C=O) groups is 1. The number of hydrogen-bond donors (Lipinski definition) is 1. The number of anilines is 1. The number of aromatic nitrogens is 1. The predicted molar refractivity (Wildman–Crippen MR) is 130 cm³/mol. The number of thiazole rings is 1. The van der Waals surface area contributed by atoms with E-state index in [2.05, 4.69) is 27.9 Å².